The van der Waals surface area contributed by atoms with E-state index in [4.69, 9.17) is 16.3 Å². The van der Waals surface area contributed by atoms with Crippen molar-refractivity contribution in [2.24, 2.45) is 0 Å². The second-order valence-electron chi connectivity index (χ2n) is 6.55. The number of thiazole rings is 1. The van der Waals surface area contributed by atoms with Gasteiger partial charge in [-0.15, -0.1) is 12.4 Å². The number of benzene rings is 2. The van der Waals surface area contributed by atoms with Crippen LogP contribution in [0.25, 0.3) is 10.2 Å². The van der Waals surface area contributed by atoms with Gasteiger partial charge in [-0.3, -0.25) is 9.69 Å². The van der Waals surface area contributed by atoms with Gasteiger partial charge in [0.1, 0.15) is 17.1 Å². The number of carbonyl (C=O) groups is 1. The maximum absolute atomic E-state index is 14.1. The molecule has 0 radical (unpaired) electrons. The molecule has 0 aliphatic heterocycles. The summed E-state index contributed by atoms with van der Waals surface area (Å²) < 4.78 is 33.6. The third kappa shape index (κ3) is 6.49. The first-order valence-corrected chi connectivity index (χ1v) is 10.8. The largest absolute Gasteiger partial charge is 0.484 e. The number of aromatic nitrogens is 1. The summed E-state index contributed by atoms with van der Waals surface area (Å²) in [6, 6.07) is 8.69. The minimum atomic E-state index is -0.749. The molecular formula is C21H23Cl2F2N3O2S. The summed E-state index contributed by atoms with van der Waals surface area (Å²) in [4.78, 5) is 20.8. The predicted octanol–water partition coefficient (Wildman–Crippen LogP) is 5.40. The third-order valence-corrected chi connectivity index (χ3v) is 5.92. The first kappa shape index (κ1) is 25.3. The minimum Gasteiger partial charge on any atom is -0.484 e. The molecule has 3 aromatic rings. The number of hydrogen-bond acceptors (Lipinski definition) is 5. The second-order valence-corrected chi connectivity index (χ2v) is 7.99. The van der Waals surface area contributed by atoms with Crippen molar-refractivity contribution >= 4 is 56.6 Å². The van der Waals surface area contributed by atoms with E-state index in [-0.39, 0.29) is 30.4 Å². The van der Waals surface area contributed by atoms with Gasteiger partial charge in [-0.2, -0.15) is 0 Å². The van der Waals surface area contributed by atoms with Crippen molar-refractivity contribution in [3.05, 3.63) is 53.1 Å². The van der Waals surface area contributed by atoms with Crippen LogP contribution in [0.3, 0.4) is 0 Å². The highest BCUT2D eigenvalue weighted by Crippen LogP contribution is 2.31. The van der Waals surface area contributed by atoms with Crippen molar-refractivity contribution in [2.45, 2.75) is 13.8 Å². The van der Waals surface area contributed by atoms with Crippen LogP contribution in [0.1, 0.15) is 13.8 Å². The van der Waals surface area contributed by atoms with Gasteiger partial charge < -0.3 is 9.64 Å². The van der Waals surface area contributed by atoms with Gasteiger partial charge >= 0.3 is 0 Å². The van der Waals surface area contributed by atoms with Crippen LogP contribution >= 0.6 is 35.3 Å². The van der Waals surface area contributed by atoms with Gasteiger partial charge in [0.25, 0.3) is 5.91 Å². The van der Waals surface area contributed by atoms with Crippen LogP contribution < -0.4 is 9.64 Å². The maximum Gasteiger partial charge on any atom is 0.266 e. The van der Waals surface area contributed by atoms with Crippen molar-refractivity contribution in [1.82, 2.24) is 9.88 Å². The van der Waals surface area contributed by atoms with Gasteiger partial charge in [0, 0.05) is 24.2 Å². The summed E-state index contributed by atoms with van der Waals surface area (Å²) in [6.45, 7) is 6.50. The highest BCUT2D eigenvalue weighted by Gasteiger charge is 2.22. The first-order valence-electron chi connectivity index (χ1n) is 9.58. The molecule has 2 aromatic carbocycles. The van der Waals surface area contributed by atoms with Crippen molar-refractivity contribution in [3.63, 3.8) is 0 Å². The van der Waals surface area contributed by atoms with Crippen LogP contribution in [0.5, 0.6) is 5.75 Å². The van der Waals surface area contributed by atoms with E-state index in [1.807, 2.05) is 13.8 Å². The van der Waals surface area contributed by atoms with Crippen LogP contribution in [0.4, 0.5) is 13.9 Å². The smallest absolute Gasteiger partial charge is 0.266 e. The lowest BCUT2D eigenvalue weighted by molar-refractivity contribution is -0.120. The molecule has 1 aromatic heterocycles. The number of ether oxygens (including phenoxy) is 1. The van der Waals surface area contributed by atoms with Gasteiger partial charge in [-0.1, -0.05) is 36.8 Å². The normalized spacial score (nSPS) is 10.9. The molecule has 1 amide bonds. The Morgan fingerprint density at radius 3 is 2.45 bits per heavy atom. The lowest BCUT2D eigenvalue weighted by Gasteiger charge is -2.24. The molecule has 0 unspecified atom stereocenters. The molecule has 5 nitrogen and oxygen atoms in total. The highest BCUT2D eigenvalue weighted by molar-refractivity contribution is 7.22. The number of hydrogen-bond donors (Lipinski definition) is 0. The first-order chi connectivity index (χ1) is 14.4. The monoisotopic (exact) mass is 489 g/mol. The van der Waals surface area contributed by atoms with Gasteiger partial charge in [0.05, 0.1) is 4.70 Å². The Labute approximate surface area is 195 Å². The Morgan fingerprint density at radius 1 is 1.13 bits per heavy atom. The molecule has 0 N–H and O–H groups in total. The highest BCUT2D eigenvalue weighted by atomic mass is 35.5. The molecule has 0 spiro atoms. The maximum atomic E-state index is 14.1. The molecule has 0 atom stereocenters. The second kappa shape index (κ2) is 11.6. The Bertz CT molecular complexity index is 1010. The summed E-state index contributed by atoms with van der Waals surface area (Å²) in [5.74, 6) is -1.24. The van der Waals surface area contributed by atoms with Crippen LogP contribution in [0, 0.1) is 11.6 Å². The van der Waals surface area contributed by atoms with Crippen LogP contribution in [0.2, 0.25) is 5.02 Å². The zero-order valence-corrected chi connectivity index (χ0v) is 19.5. The van der Waals surface area contributed by atoms with Gasteiger partial charge in [0.2, 0.25) is 0 Å². The molecule has 1 heterocycles. The van der Waals surface area contributed by atoms with E-state index < -0.39 is 11.6 Å². The van der Waals surface area contributed by atoms with Gasteiger partial charge in [-0.05, 0) is 43.4 Å². The molecule has 31 heavy (non-hydrogen) atoms. The number of carbonyl (C=O) groups excluding carboxylic acids is 1. The molecule has 3 rings (SSSR count). The average molecular weight is 490 g/mol. The van der Waals surface area contributed by atoms with Crippen molar-refractivity contribution in [1.29, 1.82) is 0 Å². The SMILES string of the molecule is CCN(CC)CCN(C(=O)COc1ccc(Cl)cc1)c1nc2c(F)cc(F)cc2s1.Cl. The number of halogens is 4. The molecule has 0 saturated heterocycles. The van der Waals surface area contributed by atoms with Crippen molar-refractivity contribution in [3.8, 4) is 5.75 Å². The summed E-state index contributed by atoms with van der Waals surface area (Å²) in [5, 5.41) is 0.879. The molecule has 0 bridgehead atoms. The molecule has 0 saturated carbocycles. The van der Waals surface area contributed by atoms with E-state index in [0.717, 1.165) is 30.5 Å². The Morgan fingerprint density at radius 2 is 1.81 bits per heavy atom. The summed E-state index contributed by atoms with van der Waals surface area (Å²) in [6.07, 6.45) is 0. The summed E-state index contributed by atoms with van der Waals surface area (Å²) in [5.41, 5.74) is 0.0515. The van der Waals surface area contributed by atoms with Crippen LogP contribution in [-0.4, -0.2) is 48.6 Å². The van der Waals surface area contributed by atoms with Crippen LogP contribution in [0.15, 0.2) is 36.4 Å². The predicted molar refractivity (Wildman–Crippen MR) is 124 cm³/mol. The molecule has 0 aliphatic rings. The minimum absolute atomic E-state index is 0. The molecule has 0 aliphatic carbocycles. The molecule has 10 heteroatoms. The van der Waals surface area contributed by atoms with Gasteiger partial charge in [0.15, 0.2) is 17.6 Å². The topological polar surface area (TPSA) is 45.7 Å². The van der Waals surface area contributed by atoms with Crippen LogP contribution in [-0.2, 0) is 4.79 Å². The fourth-order valence-electron chi connectivity index (χ4n) is 2.92. The zero-order chi connectivity index (χ0) is 21.7. The lowest BCUT2D eigenvalue weighted by Crippen LogP contribution is -2.41. The summed E-state index contributed by atoms with van der Waals surface area (Å²) >= 11 is 6.94. The Hall–Kier alpha value is -2.00. The van der Waals surface area contributed by atoms with E-state index in [2.05, 4.69) is 9.88 Å². The molecular weight excluding hydrogens is 467 g/mol. The summed E-state index contributed by atoms with van der Waals surface area (Å²) in [7, 11) is 0. The quantitative estimate of drug-likeness (QED) is 0.403. The fourth-order valence-corrected chi connectivity index (χ4v) is 4.10. The third-order valence-electron chi connectivity index (χ3n) is 4.64. The molecule has 168 valence electrons. The number of fused-ring (bicyclic) bond motifs is 1. The lowest BCUT2D eigenvalue weighted by atomic mass is 10.3. The number of likely N-dealkylation sites (N-methyl/N-ethyl adjacent to an activating group) is 1. The number of nitrogens with zero attached hydrogens (tertiary/aromatic N) is 3. The fraction of sp³-hybridized carbons (Fsp3) is 0.333. The number of amides is 1. The zero-order valence-electron chi connectivity index (χ0n) is 17.1. The number of rotatable bonds is 9. The molecule has 0 fully saturated rings. The average Bonchev–Trinajstić information content (AvgIpc) is 3.14. The van der Waals surface area contributed by atoms with E-state index in [1.165, 1.54) is 11.0 Å². The van der Waals surface area contributed by atoms with E-state index in [9.17, 15) is 13.6 Å². The number of anilines is 1. The van der Waals surface area contributed by atoms with E-state index in [1.54, 1.807) is 24.3 Å². The van der Waals surface area contributed by atoms with Gasteiger partial charge in [-0.25, -0.2) is 13.8 Å². The Balaban J connectivity index is 0.00000341. The van der Waals surface area contributed by atoms with Crippen molar-refractivity contribution in [2.75, 3.05) is 37.7 Å². The Kier molecular flexibility index (Phi) is 9.43. The standard InChI is InChI=1S/C21H22ClF2N3O2S.ClH/c1-3-26(4-2)9-10-27(19(28)13-29-16-7-5-14(22)6-8-16)21-25-20-17(24)11-15(23)12-18(20)30-21;/h5-8,11-12H,3-4,9-10,13H2,1-2H3;1H. The van der Waals surface area contributed by atoms with Crippen molar-refractivity contribution < 1.29 is 18.3 Å². The van der Waals surface area contributed by atoms with E-state index in [0.29, 0.717) is 33.7 Å². The van der Waals surface area contributed by atoms with E-state index >= 15 is 0 Å².